The molecule has 0 aromatic heterocycles. The average molecular weight is 239 g/mol. The number of nitrogens with zero attached hydrogens (tertiary/aromatic N) is 3. The zero-order chi connectivity index (χ0) is 13.2. The van der Waals surface area contributed by atoms with Crippen LogP contribution in [0.1, 0.15) is 34.6 Å². The summed E-state index contributed by atoms with van der Waals surface area (Å²) in [6.45, 7) is 10.5. The summed E-state index contributed by atoms with van der Waals surface area (Å²) in [5, 5.41) is 8.98. The fourth-order valence-corrected chi connectivity index (χ4v) is 2.00. The maximum atomic E-state index is 11.9. The van der Waals surface area contributed by atoms with Crippen molar-refractivity contribution in [1.82, 2.24) is 9.80 Å². The van der Waals surface area contributed by atoms with Crippen LogP contribution in [0, 0.1) is 11.5 Å². The van der Waals surface area contributed by atoms with E-state index in [0.29, 0.717) is 13.1 Å². The summed E-state index contributed by atoms with van der Waals surface area (Å²) in [5.74, 6) is 0. The van der Waals surface area contributed by atoms with Crippen LogP contribution in [0.15, 0.2) is 0 Å². The van der Waals surface area contributed by atoms with Crippen LogP contribution in [-0.4, -0.2) is 46.7 Å². The van der Waals surface area contributed by atoms with Gasteiger partial charge in [0.15, 0.2) is 6.19 Å². The molecule has 2 unspecified atom stereocenters. The minimum atomic E-state index is -0.476. The molecule has 0 aromatic carbocycles. The number of nitriles is 1. The van der Waals surface area contributed by atoms with E-state index < -0.39 is 5.60 Å². The van der Waals surface area contributed by atoms with E-state index in [9.17, 15) is 4.79 Å². The first-order valence-electron chi connectivity index (χ1n) is 5.90. The van der Waals surface area contributed by atoms with E-state index in [1.165, 1.54) is 0 Å². The molecule has 0 spiro atoms. The lowest BCUT2D eigenvalue weighted by Crippen LogP contribution is -2.56. The molecule has 1 rings (SSSR count). The molecule has 5 heteroatoms. The van der Waals surface area contributed by atoms with Crippen LogP contribution in [-0.2, 0) is 4.74 Å². The third-order valence-corrected chi connectivity index (χ3v) is 2.69. The number of piperazine rings is 1. The summed E-state index contributed by atoms with van der Waals surface area (Å²) >= 11 is 0. The average Bonchev–Trinajstić information content (AvgIpc) is 2.14. The van der Waals surface area contributed by atoms with Crippen molar-refractivity contribution in [1.29, 1.82) is 5.26 Å². The van der Waals surface area contributed by atoms with Crippen molar-refractivity contribution >= 4 is 6.09 Å². The van der Waals surface area contributed by atoms with Crippen molar-refractivity contribution in [2.45, 2.75) is 52.3 Å². The molecule has 0 aromatic rings. The second-order valence-electron chi connectivity index (χ2n) is 5.59. The van der Waals surface area contributed by atoms with E-state index >= 15 is 0 Å². The van der Waals surface area contributed by atoms with E-state index in [1.54, 1.807) is 9.80 Å². The molecule has 1 fully saturated rings. The van der Waals surface area contributed by atoms with Crippen LogP contribution >= 0.6 is 0 Å². The van der Waals surface area contributed by atoms with E-state index in [1.807, 2.05) is 34.6 Å². The Morgan fingerprint density at radius 2 is 1.76 bits per heavy atom. The summed E-state index contributed by atoms with van der Waals surface area (Å²) in [5.41, 5.74) is -0.476. The van der Waals surface area contributed by atoms with Crippen LogP contribution < -0.4 is 0 Å². The van der Waals surface area contributed by atoms with Crippen molar-refractivity contribution in [3.63, 3.8) is 0 Å². The number of rotatable bonds is 0. The number of hydrogen-bond acceptors (Lipinski definition) is 4. The van der Waals surface area contributed by atoms with Gasteiger partial charge in [0.05, 0.1) is 12.1 Å². The molecule has 0 aliphatic carbocycles. The first kappa shape index (κ1) is 13.6. The Bertz CT molecular complexity index is 318. The van der Waals surface area contributed by atoms with Crippen molar-refractivity contribution in [2.75, 3.05) is 13.1 Å². The van der Waals surface area contributed by atoms with Crippen LogP contribution in [0.2, 0.25) is 0 Å². The maximum Gasteiger partial charge on any atom is 0.410 e. The standard InChI is InChI=1S/C12H21N3O2/c1-9-6-14(7-10(2)15(9)8-13)11(16)17-12(3,4)5/h9-10H,6-7H2,1-5H3. The minimum absolute atomic E-state index is 0.0382. The largest absolute Gasteiger partial charge is 0.444 e. The molecule has 1 aliphatic heterocycles. The molecule has 1 heterocycles. The summed E-state index contributed by atoms with van der Waals surface area (Å²) in [7, 11) is 0. The molecule has 17 heavy (non-hydrogen) atoms. The summed E-state index contributed by atoms with van der Waals surface area (Å²) in [6, 6.07) is 0.0764. The van der Waals surface area contributed by atoms with Crippen LogP contribution in [0.25, 0.3) is 0 Å². The van der Waals surface area contributed by atoms with Gasteiger partial charge in [-0.3, -0.25) is 0 Å². The van der Waals surface area contributed by atoms with Gasteiger partial charge in [-0.1, -0.05) is 0 Å². The van der Waals surface area contributed by atoms with Crippen molar-refractivity contribution in [2.24, 2.45) is 0 Å². The molecular formula is C12H21N3O2. The number of ether oxygens (including phenoxy) is 1. The third kappa shape index (κ3) is 3.52. The van der Waals surface area contributed by atoms with Gasteiger partial charge in [0, 0.05) is 13.1 Å². The third-order valence-electron chi connectivity index (χ3n) is 2.69. The predicted molar refractivity (Wildman–Crippen MR) is 64.2 cm³/mol. The zero-order valence-corrected chi connectivity index (χ0v) is 11.2. The summed E-state index contributed by atoms with van der Waals surface area (Å²) in [6.07, 6.45) is 1.87. The Morgan fingerprint density at radius 3 is 2.12 bits per heavy atom. The Hall–Kier alpha value is -1.44. The SMILES string of the molecule is CC1CN(C(=O)OC(C)(C)C)CC(C)N1C#N. The Kier molecular flexibility index (Phi) is 3.87. The minimum Gasteiger partial charge on any atom is -0.444 e. The predicted octanol–water partition coefficient (Wildman–Crippen LogP) is 1.80. The smallest absolute Gasteiger partial charge is 0.410 e. The van der Waals surface area contributed by atoms with Gasteiger partial charge in [0.25, 0.3) is 0 Å². The Labute approximate surface area is 103 Å². The van der Waals surface area contributed by atoms with Gasteiger partial charge >= 0.3 is 6.09 Å². The quantitative estimate of drug-likeness (QED) is 0.605. The molecule has 0 bridgehead atoms. The van der Waals surface area contributed by atoms with Crippen molar-refractivity contribution < 1.29 is 9.53 Å². The normalized spacial score (nSPS) is 25.4. The Morgan fingerprint density at radius 1 is 1.29 bits per heavy atom. The van der Waals surface area contributed by atoms with Crippen LogP contribution in [0.3, 0.4) is 0 Å². The fraction of sp³-hybridized carbons (Fsp3) is 0.833. The molecule has 5 nitrogen and oxygen atoms in total. The highest BCUT2D eigenvalue weighted by Gasteiger charge is 2.33. The summed E-state index contributed by atoms with van der Waals surface area (Å²) in [4.78, 5) is 15.3. The first-order chi connectivity index (χ1) is 7.74. The van der Waals surface area contributed by atoms with Gasteiger partial charge < -0.3 is 14.5 Å². The van der Waals surface area contributed by atoms with Gasteiger partial charge in [-0.25, -0.2) is 4.79 Å². The topological polar surface area (TPSA) is 56.6 Å². The maximum absolute atomic E-state index is 11.9. The van der Waals surface area contributed by atoms with Gasteiger partial charge in [0.2, 0.25) is 0 Å². The second kappa shape index (κ2) is 4.82. The highest BCUT2D eigenvalue weighted by Crippen LogP contribution is 2.17. The number of carbonyl (C=O) groups excluding carboxylic acids is 1. The number of hydrogen-bond donors (Lipinski definition) is 0. The van der Waals surface area contributed by atoms with E-state index in [-0.39, 0.29) is 18.2 Å². The summed E-state index contributed by atoms with van der Waals surface area (Å²) < 4.78 is 5.33. The number of carbonyl (C=O) groups is 1. The lowest BCUT2D eigenvalue weighted by Gasteiger charge is -2.41. The van der Waals surface area contributed by atoms with Gasteiger partial charge in [0.1, 0.15) is 5.60 Å². The highest BCUT2D eigenvalue weighted by molar-refractivity contribution is 5.68. The van der Waals surface area contributed by atoms with Crippen molar-refractivity contribution in [3.8, 4) is 6.19 Å². The molecule has 0 saturated carbocycles. The lowest BCUT2D eigenvalue weighted by atomic mass is 10.1. The first-order valence-corrected chi connectivity index (χ1v) is 5.90. The molecule has 1 saturated heterocycles. The van der Waals surface area contributed by atoms with Gasteiger partial charge in [-0.05, 0) is 34.6 Å². The molecule has 0 N–H and O–H groups in total. The second-order valence-corrected chi connectivity index (χ2v) is 5.59. The van der Waals surface area contributed by atoms with Gasteiger partial charge in [-0.2, -0.15) is 5.26 Å². The van der Waals surface area contributed by atoms with E-state index in [0.717, 1.165) is 0 Å². The highest BCUT2D eigenvalue weighted by atomic mass is 16.6. The lowest BCUT2D eigenvalue weighted by molar-refractivity contribution is 0.00382. The van der Waals surface area contributed by atoms with E-state index in [4.69, 9.17) is 10.00 Å². The Balaban J connectivity index is 2.64. The molecule has 96 valence electrons. The zero-order valence-electron chi connectivity index (χ0n) is 11.2. The molecule has 1 aliphatic rings. The monoisotopic (exact) mass is 239 g/mol. The van der Waals surface area contributed by atoms with Crippen LogP contribution in [0.5, 0.6) is 0 Å². The van der Waals surface area contributed by atoms with Gasteiger partial charge in [-0.15, -0.1) is 0 Å². The van der Waals surface area contributed by atoms with Crippen molar-refractivity contribution in [3.05, 3.63) is 0 Å². The number of amides is 1. The molecule has 0 radical (unpaired) electrons. The van der Waals surface area contributed by atoms with Crippen LogP contribution in [0.4, 0.5) is 4.79 Å². The molecule has 1 amide bonds. The molecule has 2 atom stereocenters. The van der Waals surface area contributed by atoms with E-state index in [2.05, 4.69) is 6.19 Å². The fourth-order valence-electron chi connectivity index (χ4n) is 2.00. The molecular weight excluding hydrogens is 218 g/mol.